The summed E-state index contributed by atoms with van der Waals surface area (Å²) in [6, 6.07) is 15.9. The molecule has 0 spiro atoms. The van der Waals surface area contributed by atoms with Gasteiger partial charge in [0.1, 0.15) is 0 Å². The predicted molar refractivity (Wildman–Crippen MR) is 87.9 cm³/mol. The molecule has 0 saturated heterocycles. The summed E-state index contributed by atoms with van der Waals surface area (Å²) in [5.74, 6) is 0.138. The second-order valence-corrected chi connectivity index (χ2v) is 5.87. The molecule has 2 aromatic carbocycles. The Kier molecular flexibility index (Phi) is 4.58. The summed E-state index contributed by atoms with van der Waals surface area (Å²) in [5.41, 5.74) is 3.05. The molecule has 0 fully saturated rings. The minimum atomic E-state index is 0.138. The standard InChI is InChI=1S/C16H16INO/c1-12-3-9-15(10-4-12)18(2)11-16(19)13-5-7-14(17)8-6-13/h3-10H,11H2,1-2H3. The van der Waals surface area contributed by atoms with E-state index in [1.165, 1.54) is 5.56 Å². The summed E-state index contributed by atoms with van der Waals surface area (Å²) in [6.45, 7) is 2.45. The van der Waals surface area contributed by atoms with Crippen LogP contribution in [0.2, 0.25) is 0 Å². The van der Waals surface area contributed by atoms with Crippen molar-refractivity contribution >= 4 is 34.1 Å². The molecule has 0 bridgehead atoms. The molecule has 0 radical (unpaired) electrons. The number of halogens is 1. The third-order valence-corrected chi connectivity index (χ3v) is 3.74. The van der Waals surface area contributed by atoms with Crippen LogP contribution in [0.25, 0.3) is 0 Å². The predicted octanol–water partition coefficient (Wildman–Crippen LogP) is 3.92. The maximum atomic E-state index is 12.2. The van der Waals surface area contributed by atoms with Gasteiger partial charge < -0.3 is 4.90 Å². The van der Waals surface area contributed by atoms with Crippen LogP contribution >= 0.6 is 22.6 Å². The number of hydrogen-bond acceptors (Lipinski definition) is 2. The van der Waals surface area contributed by atoms with E-state index >= 15 is 0 Å². The van der Waals surface area contributed by atoms with Crippen molar-refractivity contribution in [2.45, 2.75) is 6.92 Å². The Bertz CT molecular complexity index is 560. The zero-order chi connectivity index (χ0) is 13.8. The number of hydrogen-bond donors (Lipinski definition) is 0. The Morgan fingerprint density at radius 1 is 1.05 bits per heavy atom. The zero-order valence-corrected chi connectivity index (χ0v) is 13.2. The second kappa shape index (κ2) is 6.19. The monoisotopic (exact) mass is 365 g/mol. The van der Waals surface area contributed by atoms with Crippen LogP contribution in [0.1, 0.15) is 15.9 Å². The number of nitrogens with zero attached hydrogens (tertiary/aromatic N) is 1. The van der Waals surface area contributed by atoms with Gasteiger partial charge in [-0.05, 0) is 53.8 Å². The Morgan fingerprint density at radius 3 is 2.21 bits per heavy atom. The third kappa shape index (κ3) is 3.80. The Hall–Kier alpha value is -1.36. The molecular weight excluding hydrogens is 349 g/mol. The molecule has 98 valence electrons. The van der Waals surface area contributed by atoms with E-state index in [1.807, 2.05) is 48.3 Å². The number of carbonyl (C=O) groups is 1. The molecule has 0 atom stereocenters. The van der Waals surface area contributed by atoms with Gasteiger partial charge in [0.15, 0.2) is 5.78 Å². The maximum Gasteiger partial charge on any atom is 0.182 e. The first kappa shape index (κ1) is 14.1. The van der Waals surface area contributed by atoms with Crippen LogP contribution in [0, 0.1) is 10.5 Å². The summed E-state index contributed by atoms with van der Waals surface area (Å²) < 4.78 is 1.14. The van der Waals surface area contributed by atoms with Crippen molar-refractivity contribution in [2.24, 2.45) is 0 Å². The number of ketones is 1. The van der Waals surface area contributed by atoms with Gasteiger partial charge in [-0.2, -0.15) is 0 Å². The summed E-state index contributed by atoms with van der Waals surface area (Å²) in [6.07, 6.45) is 0. The second-order valence-electron chi connectivity index (χ2n) is 4.62. The van der Waals surface area contributed by atoms with Crippen molar-refractivity contribution in [3.8, 4) is 0 Å². The molecule has 0 aliphatic rings. The SMILES string of the molecule is Cc1ccc(N(C)CC(=O)c2ccc(I)cc2)cc1. The molecule has 0 aliphatic heterocycles. The van der Waals surface area contributed by atoms with E-state index in [4.69, 9.17) is 0 Å². The van der Waals surface area contributed by atoms with Crippen molar-refractivity contribution in [2.75, 3.05) is 18.5 Å². The normalized spacial score (nSPS) is 10.3. The number of carbonyl (C=O) groups excluding carboxylic acids is 1. The molecule has 0 heterocycles. The molecule has 3 heteroatoms. The van der Waals surface area contributed by atoms with Crippen molar-refractivity contribution in [1.82, 2.24) is 0 Å². The fraction of sp³-hybridized carbons (Fsp3) is 0.188. The first-order valence-electron chi connectivity index (χ1n) is 6.13. The van der Waals surface area contributed by atoms with Crippen molar-refractivity contribution in [3.05, 3.63) is 63.2 Å². The molecule has 2 rings (SSSR count). The summed E-state index contributed by atoms with van der Waals surface area (Å²) in [4.78, 5) is 14.1. The highest BCUT2D eigenvalue weighted by Gasteiger charge is 2.09. The average molecular weight is 365 g/mol. The summed E-state index contributed by atoms with van der Waals surface area (Å²) in [5, 5.41) is 0. The van der Waals surface area contributed by atoms with Gasteiger partial charge in [-0.1, -0.05) is 29.8 Å². The number of Topliss-reactive ketones (excluding diaryl/α,β-unsaturated/α-hetero) is 1. The molecule has 0 aliphatic carbocycles. The van der Waals surface area contributed by atoms with Gasteiger partial charge in [-0.25, -0.2) is 0 Å². The van der Waals surface area contributed by atoms with Crippen LogP contribution in [-0.4, -0.2) is 19.4 Å². The molecule has 0 aromatic heterocycles. The van der Waals surface area contributed by atoms with Crippen LogP contribution in [0.5, 0.6) is 0 Å². The third-order valence-electron chi connectivity index (χ3n) is 3.02. The molecule has 2 nitrogen and oxygen atoms in total. The number of rotatable bonds is 4. The van der Waals surface area contributed by atoms with Crippen LogP contribution < -0.4 is 4.90 Å². The van der Waals surface area contributed by atoms with Crippen molar-refractivity contribution in [1.29, 1.82) is 0 Å². The molecule has 0 unspecified atom stereocenters. The van der Waals surface area contributed by atoms with Gasteiger partial charge in [0.05, 0.1) is 6.54 Å². The number of likely N-dealkylation sites (N-methyl/N-ethyl adjacent to an activating group) is 1. The van der Waals surface area contributed by atoms with E-state index in [1.54, 1.807) is 0 Å². The molecule has 0 amide bonds. The summed E-state index contributed by atoms with van der Waals surface area (Å²) >= 11 is 2.24. The topological polar surface area (TPSA) is 20.3 Å². The quantitative estimate of drug-likeness (QED) is 0.605. The van der Waals surface area contributed by atoms with Gasteiger partial charge >= 0.3 is 0 Å². The minimum Gasteiger partial charge on any atom is -0.367 e. The van der Waals surface area contributed by atoms with E-state index in [9.17, 15) is 4.79 Å². The lowest BCUT2D eigenvalue weighted by atomic mass is 10.1. The Labute approximate surface area is 127 Å². The van der Waals surface area contributed by atoms with Crippen molar-refractivity contribution in [3.63, 3.8) is 0 Å². The molecular formula is C16H16INO. The first-order chi connectivity index (χ1) is 9.06. The lowest BCUT2D eigenvalue weighted by Gasteiger charge is -2.18. The number of benzene rings is 2. The lowest BCUT2D eigenvalue weighted by Crippen LogP contribution is -2.25. The van der Waals surface area contributed by atoms with E-state index in [0.29, 0.717) is 6.54 Å². The van der Waals surface area contributed by atoms with Gasteiger partial charge in [0, 0.05) is 21.9 Å². The van der Waals surface area contributed by atoms with E-state index in [0.717, 1.165) is 14.8 Å². The van der Waals surface area contributed by atoms with E-state index < -0.39 is 0 Å². The maximum absolute atomic E-state index is 12.2. The smallest absolute Gasteiger partial charge is 0.182 e. The molecule has 2 aromatic rings. The van der Waals surface area contributed by atoms with Crippen LogP contribution in [0.3, 0.4) is 0 Å². The number of aryl methyl sites for hydroxylation is 1. The highest BCUT2D eigenvalue weighted by molar-refractivity contribution is 14.1. The molecule has 0 N–H and O–H groups in total. The highest BCUT2D eigenvalue weighted by Crippen LogP contribution is 2.14. The Morgan fingerprint density at radius 2 is 1.63 bits per heavy atom. The zero-order valence-electron chi connectivity index (χ0n) is 11.1. The van der Waals surface area contributed by atoms with Gasteiger partial charge in [0.25, 0.3) is 0 Å². The van der Waals surface area contributed by atoms with Gasteiger partial charge in [-0.15, -0.1) is 0 Å². The highest BCUT2D eigenvalue weighted by atomic mass is 127. The first-order valence-corrected chi connectivity index (χ1v) is 7.21. The largest absolute Gasteiger partial charge is 0.367 e. The lowest BCUT2D eigenvalue weighted by molar-refractivity contribution is 0.100. The number of anilines is 1. The van der Waals surface area contributed by atoms with Crippen LogP contribution in [0.15, 0.2) is 48.5 Å². The van der Waals surface area contributed by atoms with Crippen LogP contribution in [-0.2, 0) is 0 Å². The average Bonchev–Trinajstić information content (AvgIpc) is 2.40. The van der Waals surface area contributed by atoms with E-state index in [2.05, 4.69) is 41.6 Å². The fourth-order valence-electron chi connectivity index (χ4n) is 1.83. The molecule has 19 heavy (non-hydrogen) atoms. The molecule has 0 saturated carbocycles. The van der Waals surface area contributed by atoms with Crippen LogP contribution in [0.4, 0.5) is 5.69 Å². The Balaban J connectivity index is 2.06. The summed E-state index contributed by atoms with van der Waals surface area (Å²) in [7, 11) is 1.94. The minimum absolute atomic E-state index is 0.138. The fourth-order valence-corrected chi connectivity index (χ4v) is 2.19. The van der Waals surface area contributed by atoms with Crippen molar-refractivity contribution < 1.29 is 4.79 Å². The van der Waals surface area contributed by atoms with Gasteiger partial charge in [0.2, 0.25) is 0 Å². The van der Waals surface area contributed by atoms with E-state index in [-0.39, 0.29) is 5.78 Å². The van der Waals surface area contributed by atoms with Gasteiger partial charge in [-0.3, -0.25) is 4.79 Å².